The highest BCUT2D eigenvalue weighted by atomic mass is 35.5. The highest BCUT2D eigenvalue weighted by Crippen LogP contribution is 2.28. The maximum absolute atomic E-state index is 12.9. The number of ether oxygens (including phenoxy) is 1. The van der Waals surface area contributed by atoms with Crippen LogP contribution in [0.3, 0.4) is 0 Å². The van der Waals surface area contributed by atoms with Crippen LogP contribution >= 0.6 is 34.7 Å². The first-order valence-corrected chi connectivity index (χ1v) is 11.1. The number of carbonyl (C=O) groups excluding carboxylic acids is 2. The molecule has 0 saturated heterocycles. The van der Waals surface area contributed by atoms with Gasteiger partial charge in [-0.2, -0.15) is 0 Å². The van der Waals surface area contributed by atoms with Gasteiger partial charge in [0.1, 0.15) is 11.3 Å². The number of aromatic nitrogens is 4. The predicted octanol–water partition coefficient (Wildman–Crippen LogP) is 4.00. The third kappa shape index (κ3) is 5.04. The molecule has 0 aliphatic carbocycles. The van der Waals surface area contributed by atoms with Gasteiger partial charge >= 0.3 is 5.97 Å². The lowest BCUT2D eigenvalue weighted by molar-refractivity contribution is -0.147. The minimum Gasteiger partial charge on any atom is -0.465 e. The van der Waals surface area contributed by atoms with Crippen LogP contribution in [0.25, 0.3) is 5.69 Å². The summed E-state index contributed by atoms with van der Waals surface area (Å²) in [6.45, 7) is 5.64. The van der Waals surface area contributed by atoms with Crippen LogP contribution in [0.15, 0.2) is 35.1 Å². The second kappa shape index (κ2) is 9.51. The van der Waals surface area contributed by atoms with E-state index in [4.69, 9.17) is 16.3 Å². The van der Waals surface area contributed by atoms with E-state index in [1.54, 1.807) is 23.2 Å². The Morgan fingerprint density at radius 1 is 1.34 bits per heavy atom. The summed E-state index contributed by atoms with van der Waals surface area (Å²) in [7, 11) is 0. The van der Waals surface area contributed by atoms with Gasteiger partial charge in [0, 0.05) is 16.1 Å². The molecule has 152 valence electrons. The van der Waals surface area contributed by atoms with Crippen molar-refractivity contribution in [1.82, 2.24) is 19.7 Å². The summed E-state index contributed by atoms with van der Waals surface area (Å²) in [5, 5.41) is 11.4. The lowest BCUT2D eigenvalue weighted by Gasteiger charge is -2.12. The first kappa shape index (κ1) is 21.5. The summed E-state index contributed by atoms with van der Waals surface area (Å²) < 4.78 is 6.84. The summed E-state index contributed by atoms with van der Waals surface area (Å²) in [5.74, 6) is -1.88. The van der Waals surface area contributed by atoms with Crippen LogP contribution in [0.1, 0.15) is 29.1 Å². The van der Waals surface area contributed by atoms with E-state index < -0.39 is 11.9 Å². The van der Waals surface area contributed by atoms with Crippen molar-refractivity contribution in [1.29, 1.82) is 0 Å². The minimum atomic E-state index is -1.04. The van der Waals surface area contributed by atoms with Gasteiger partial charge in [-0.05, 0) is 38.5 Å². The van der Waals surface area contributed by atoms with Gasteiger partial charge in [0.25, 0.3) is 0 Å². The van der Waals surface area contributed by atoms with Crippen molar-refractivity contribution >= 4 is 46.5 Å². The summed E-state index contributed by atoms with van der Waals surface area (Å²) in [5.41, 5.74) is 2.51. The third-order valence-electron chi connectivity index (χ3n) is 4.02. The molecule has 0 radical (unpaired) electrons. The van der Waals surface area contributed by atoms with Gasteiger partial charge in [0.15, 0.2) is 16.9 Å². The van der Waals surface area contributed by atoms with Crippen molar-refractivity contribution in [2.75, 3.05) is 12.4 Å². The van der Waals surface area contributed by atoms with Crippen LogP contribution < -0.4 is 0 Å². The average molecular weight is 451 g/mol. The number of thioether (sulfide) groups is 1. The van der Waals surface area contributed by atoms with E-state index in [1.165, 1.54) is 23.1 Å². The molecule has 0 bridgehead atoms. The summed E-state index contributed by atoms with van der Waals surface area (Å²) in [4.78, 5) is 29.6. The Balaban J connectivity index is 1.78. The Morgan fingerprint density at radius 3 is 2.79 bits per heavy atom. The summed E-state index contributed by atoms with van der Waals surface area (Å²) >= 11 is 8.69. The normalized spacial score (nSPS) is 12.0. The standard InChI is InChI=1S/C19H19ClN4O3S2/c1-4-27-18(26)16(17-22-12(3)8-28-17)15(25)9-29-19-23-21-10-24(19)13-6-5-11(2)14(20)7-13/h5-8,10,16H,4,9H2,1-3H3. The number of halogens is 1. The molecule has 7 nitrogen and oxygen atoms in total. The van der Waals surface area contributed by atoms with E-state index in [9.17, 15) is 9.59 Å². The Kier molecular flexibility index (Phi) is 7.05. The molecule has 29 heavy (non-hydrogen) atoms. The molecule has 1 unspecified atom stereocenters. The number of carbonyl (C=O) groups is 2. The molecule has 1 atom stereocenters. The van der Waals surface area contributed by atoms with Gasteiger partial charge in [-0.3, -0.25) is 14.2 Å². The second-order valence-electron chi connectivity index (χ2n) is 6.18. The van der Waals surface area contributed by atoms with Gasteiger partial charge in [-0.25, -0.2) is 4.98 Å². The molecule has 0 N–H and O–H groups in total. The number of rotatable bonds is 8. The highest BCUT2D eigenvalue weighted by molar-refractivity contribution is 7.99. The molecule has 0 aliphatic heterocycles. The average Bonchev–Trinajstić information content (AvgIpc) is 3.32. The molecule has 3 aromatic rings. The summed E-state index contributed by atoms with van der Waals surface area (Å²) in [6, 6.07) is 5.61. The van der Waals surface area contributed by atoms with Gasteiger partial charge in [0.05, 0.1) is 18.0 Å². The monoisotopic (exact) mass is 450 g/mol. The maximum Gasteiger partial charge on any atom is 0.323 e. The molecule has 2 aromatic heterocycles. The molecule has 0 spiro atoms. The molecule has 0 saturated carbocycles. The second-order valence-corrected chi connectivity index (χ2v) is 8.42. The minimum absolute atomic E-state index is 0.0282. The Bertz CT molecular complexity index is 1030. The number of hydrogen-bond acceptors (Lipinski definition) is 8. The molecule has 10 heteroatoms. The van der Waals surface area contributed by atoms with E-state index in [0.717, 1.165) is 16.9 Å². The van der Waals surface area contributed by atoms with Crippen molar-refractivity contribution in [3.63, 3.8) is 0 Å². The lowest BCUT2D eigenvalue weighted by atomic mass is 10.1. The molecule has 3 rings (SSSR count). The zero-order valence-electron chi connectivity index (χ0n) is 16.1. The number of thiazole rings is 1. The maximum atomic E-state index is 12.9. The number of Topliss-reactive ketones (excluding diaryl/α,β-unsaturated/α-hetero) is 1. The van der Waals surface area contributed by atoms with Crippen molar-refractivity contribution in [2.24, 2.45) is 0 Å². The van der Waals surface area contributed by atoms with Crippen molar-refractivity contribution in [2.45, 2.75) is 31.8 Å². The topological polar surface area (TPSA) is 87.0 Å². The largest absolute Gasteiger partial charge is 0.465 e. The molecular weight excluding hydrogens is 432 g/mol. The lowest BCUT2D eigenvalue weighted by Crippen LogP contribution is -2.25. The fraction of sp³-hybridized carbons (Fsp3) is 0.316. The number of ketones is 1. The third-order valence-corrected chi connectivity index (χ3v) is 6.42. The Labute approximate surface area is 181 Å². The van der Waals surface area contributed by atoms with Crippen molar-refractivity contribution in [3.05, 3.63) is 51.2 Å². The number of nitrogens with zero attached hydrogens (tertiary/aromatic N) is 4. The van der Waals surface area contributed by atoms with Crippen LogP contribution in [0.5, 0.6) is 0 Å². The molecule has 0 aliphatic rings. The number of hydrogen-bond donors (Lipinski definition) is 0. The molecule has 2 heterocycles. The van der Waals surface area contributed by atoms with Crippen LogP contribution in [0, 0.1) is 13.8 Å². The number of benzene rings is 1. The SMILES string of the molecule is CCOC(=O)C(C(=O)CSc1nncn1-c1ccc(C)c(Cl)c1)c1nc(C)cs1. The van der Waals surface area contributed by atoms with E-state index in [1.807, 2.05) is 32.0 Å². The van der Waals surface area contributed by atoms with Crippen LogP contribution in [0.4, 0.5) is 0 Å². The van der Waals surface area contributed by atoms with Crippen molar-refractivity contribution < 1.29 is 14.3 Å². The molecule has 0 fully saturated rings. The molecule has 0 amide bonds. The highest BCUT2D eigenvalue weighted by Gasteiger charge is 2.32. The van der Waals surface area contributed by atoms with Gasteiger partial charge in [-0.15, -0.1) is 21.5 Å². The molecule has 1 aromatic carbocycles. The quantitative estimate of drug-likeness (QED) is 0.291. The van der Waals surface area contributed by atoms with Gasteiger partial charge < -0.3 is 4.74 Å². The van der Waals surface area contributed by atoms with E-state index in [-0.39, 0.29) is 18.1 Å². The smallest absolute Gasteiger partial charge is 0.323 e. The predicted molar refractivity (Wildman–Crippen MR) is 113 cm³/mol. The first-order chi connectivity index (χ1) is 13.9. The Hall–Kier alpha value is -2.23. The van der Waals surface area contributed by atoms with E-state index in [2.05, 4.69) is 15.2 Å². The van der Waals surface area contributed by atoms with E-state index >= 15 is 0 Å². The Morgan fingerprint density at radius 2 is 2.14 bits per heavy atom. The van der Waals surface area contributed by atoms with Gasteiger partial charge in [-0.1, -0.05) is 29.4 Å². The van der Waals surface area contributed by atoms with Crippen LogP contribution in [0.2, 0.25) is 5.02 Å². The van der Waals surface area contributed by atoms with E-state index in [0.29, 0.717) is 15.2 Å². The zero-order valence-corrected chi connectivity index (χ0v) is 18.5. The van der Waals surface area contributed by atoms with Crippen molar-refractivity contribution in [3.8, 4) is 5.69 Å². The fourth-order valence-electron chi connectivity index (χ4n) is 2.55. The first-order valence-electron chi connectivity index (χ1n) is 8.81. The molecular formula is C19H19ClN4O3S2. The number of esters is 1. The fourth-order valence-corrected chi connectivity index (χ4v) is 4.46. The van der Waals surface area contributed by atoms with Crippen LogP contribution in [-0.2, 0) is 14.3 Å². The van der Waals surface area contributed by atoms with Crippen LogP contribution in [-0.4, -0.2) is 43.9 Å². The number of aryl methyl sites for hydroxylation is 2. The summed E-state index contributed by atoms with van der Waals surface area (Å²) in [6.07, 6.45) is 1.56. The zero-order chi connectivity index (χ0) is 21.0. The van der Waals surface area contributed by atoms with Gasteiger partial charge in [0.2, 0.25) is 0 Å².